The number of fused-ring (bicyclic) bond motifs is 1. The topological polar surface area (TPSA) is 51.8 Å². The van der Waals surface area contributed by atoms with Gasteiger partial charge in [0.15, 0.2) is 0 Å². The zero-order chi connectivity index (χ0) is 14.3. The summed E-state index contributed by atoms with van der Waals surface area (Å²) in [5, 5.41) is 1.35. The van der Waals surface area contributed by atoms with Crippen LogP contribution >= 0.6 is 11.6 Å². The van der Waals surface area contributed by atoms with Crippen molar-refractivity contribution >= 4 is 28.2 Å². The van der Waals surface area contributed by atoms with Gasteiger partial charge < -0.3 is 5.73 Å². The molecule has 0 bridgehead atoms. The second-order valence-electron chi connectivity index (χ2n) is 4.57. The van der Waals surface area contributed by atoms with Gasteiger partial charge in [0.1, 0.15) is 11.6 Å². The first-order valence-electron chi connectivity index (χ1n) is 6.02. The van der Waals surface area contributed by atoms with Gasteiger partial charge in [-0.2, -0.15) is 0 Å². The summed E-state index contributed by atoms with van der Waals surface area (Å²) in [5.41, 5.74) is 7.73. The molecular weight excluding hydrogens is 277 g/mol. The number of rotatable bonds is 1. The highest BCUT2D eigenvalue weighted by molar-refractivity contribution is 6.36. The van der Waals surface area contributed by atoms with Gasteiger partial charge in [-0.25, -0.2) is 9.37 Å². The number of nitrogens with two attached hydrogens (primary N) is 1. The minimum atomic E-state index is -0.471. The average Bonchev–Trinajstić information content (AvgIpc) is 2.43. The van der Waals surface area contributed by atoms with E-state index >= 15 is 0 Å². The Kier molecular flexibility index (Phi) is 3.03. The number of nitrogens with zero attached hydrogens (tertiary/aromatic N) is 2. The van der Waals surface area contributed by atoms with Crippen LogP contribution in [0.25, 0.3) is 21.9 Å². The lowest BCUT2D eigenvalue weighted by atomic mass is 9.99. The summed E-state index contributed by atoms with van der Waals surface area (Å²) in [5.74, 6) is -0.101. The maximum atomic E-state index is 14.5. The van der Waals surface area contributed by atoms with Crippen LogP contribution in [0.5, 0.6) is 0 Å². The predicted octanol–water partition coefficient (Wildman–Crippen LogP) is 3.98. The molecule has 1 aromatic carbocycles. The zero-order valence-electron chi connectivity index (χ0n) is 10.7. The third-order valence-corrected chi connectivity index (χ3v) is 3.62. The van der Waals surface area contributed by atoms with E-state index in [0.29, 0.717) is 22.3 Å². The lowest BCUT2D eigenvalue weighted by molar-refractivity contribution is 0.633. The highest BCUT2D eigenvalue weighted by Gasteiger charge is 2.15. The molecule has 3 nitrogen and oxygen atoms in total. The Morgan fingerprint density at radius 1 is 1.20 bits per heavy atom. The Bertz CT molecular complexity index is 818. The third kappa shape index (κ3) is 1.98. The summed E-state index contributed by atoms with van der Waals surface area (Å²) >= 11 is 6.11. The minimum Gasteiger partial charge on any atom is -0.384 e. The van der Waals surface area contributed by atoms with E-state index in [2.05, 4.69) is 9.97 Å². The molecule has 0 saturated carbocycles. The summed E-state index contributed by atoms with van der Waals surface area (Å²) in [7, 11) is 0. The van der Waals surface area contributed by atoms with Crippen molar-refractivity contribution < 1.29 is 4.39 Å². The van der Waals surface area contributed by atoms with E-state index in [1.807, 2.05) is 13.0 Å². The highest BCUT2D eigenvalue weighted by atomic mass is 35.5. The number of hydrogen-bond donors (Lipinski definition) is 1. The molecule has 0 fully saturated rings. The van der Waals surface area contributed by atoms with Gasteiger partial charge >= 0.3 is 0 Å². The first kappa shape index (κ1) is 12.8. The number of pyridine rings is 2. The number of hydrogen-bond acceptors (Lipinski definition) is 3. The summed E-state index contributed by atoms with van der Waals surface area (Å²) in [4.78, 5) is 7.99. The van der Waals surface area contributed by atoms with Gasteiger partial charge in [-0.15, -0.1) is 0 Å². The molecule has 0 amide bonds. The van der Waals surface area contributed by atoms with Gasteiger partial charge in [0.05, 0.1) is 5.02 Å². The number of aryl methyl sites for hydroxylation is 1. The van der Waals surface area contributed by atoms with Crippen LogP contribution in [0.1, 0.15) is 5.56 Å². The number of aromatic nitrogens is 2. The molecule has 0 aliphatic rings. The van der Waals surface area contributed by atoms with Crippen LogP contribution in [0.4, 0.5) is 10.2 Å². The number of anilines is 1. The van der Waals surface area contributed by atoms with Crippen molar-refractivity contribution in [3.8, 4) is 11.1 Å². The molecule has 0 aliphatic carbocycles. The summed E-state index contributed by atoms with van der Waals surface area (Å²) in [6.07, 6.45) is 4.78. The average molecular weight is 288 g/mol. The molecule has 2 N–H and O–H groups in total. The maximum Gasteiger partial charge on any atom is 0.150 e. The first-order chi connectivity index (χ1) is 9.58. The zero-order valence-corrected chi connectivity index (χ0v) is 11.4. The fourth-order valence-electron chi connectivity index (χ4n) is 2.19. The molecule has 0 aliphatic heterocycles. The molecule has 3 aromatic rings. The number of nitrogen functional groups attached to an aromatic ring is 1. The van der Waals surface area contributed by atoms with Crippen molar-refractivity contribution in [3.63, 3.8) is 0 Å². The standard InChI is InChI=1S/C15H11ClFN3/c1-8-2-3-19-6-11(8)10-4-9-5-13(18)20-7-12(9)14(16)15(10)17/h2-7H,1H3,(H2,18,20). The van der Waals surface area contributed by atoms with Crippen LogP contribution in [-0.2, 0) is 0 Å². The molecule has 0 unspecified atom stereocenters. The molecule has 0 atom stereocenters. The molecular formula is C15H11ClFN3. The Morgan fingerprint density at radius 2 is 2.00 bits per heavy atom. The predicted molar refractivity (Wildman–Crippen MR) is 79.1 cm³/mol. The maximum absolute atomic E-state index is 14.5. The van der Waals surface area contributed by atoms with Gasteiger partial charge in [0, 0.05) is 35.1 Å². The fraction of sp³-hybridized carbons (Fsp3) is 0.0667. The second-order valence-corrected chi connectivity index (χ2v) is 4.95. The van der Waals surface area contributed by atoms with Crippen LogP contribution in [0.15, 0.2) is 36.8 Å². The molecule has 0 spiro atoms. The molecule has 20 heavy (non-hydrogen) atoms. The van der Waals surface area contributed by atoms with Crippen LogP contribution in [-0.4, -0.2) is 9.97 Å². The van der Waals surface area contributed by atoms with E-state index < -0.39 is 5.82 Å². The van der Waals surface area contributed by atoms with E-state index in [9.17, 15) is 4.39 Å². The SMILES string of the molecule is Cc1ccncc1-c1cc2cc(N)ncc2c(Cl)c1F. The van der Waals surface area contributed by atoms with Crippen molar-refractivity contribution in [3.05, 3.63) is 53.2 Å². The van der Waals surface area contributed by atoms with Crippen LogP contribution in [0.3, 0.4) is 0 Å². The van der Waals surface area contributed by atoms with E-state index in [0.717, 1.165) is 10.9 Å². The molecule has 2 aromatic heterocycles. The molecule has 2 heterocycles. The Labute approximate surface area is 120 Å². The summed E-state index contributed by atoms with van der Waals surface area (Å²) in [6.45, 7) is 1.90. The second kappa shape index (κ2) is 4.72. The van der Waals surface area contributed by atoms with Gasteiger partial charge in [0.25, 0.3) is 0 Å². The van der Waals surface area contributed by atoms with Crippen molar-refractivity contribution in [2.24, 2.45) is 0 Å². The lowest BCUT2D eigenvalue weighted by Crippen LogP contribution is -1.94. The third-order valence-electron chi connectivity index (χ3n) is 3.25. The van der Waals surface area contributed by atoms with E-state index in [1.165, 1.54) is 6.20 Å². The van der Waals surface area contributed by atoms with Gasteiger partial charge in [-0.05, 0) is 36.1 Å². The Balaban J connectivity index is 2.37. The fourth-order valence-corrected chi connectivity index (χ4v) is 2.45. The quantitative estimate of drug-likeness (QED) is 0.736. The van der Waals surface area contributed by atoms with Crippen LogP contribution in [0.2, 0.25) is 5.02 Å². The summed E-state index contributed by atoms with van der Waals surface area (Å²) in [6, 6.07) is 5.22. The van der Waals surface area contributed by atoms with Gasteiger partial charge in [-0.1, -0.05) is 11.6 Å². The van der Waals surface area contributed by atoms with E-state index in [1.54, 1.807) is 24.5 Å². The molecule has 0 saturated heterocycles. The normalized spacial score (nSPS) is 10.9. The monoisotopic (exact) mass is 287 g/mol. The van der Waals surface area contributed by atoms with Crippen LogP contribution < -0.4 is 5.73 Å². The Morgan fingerprint density at radius 3 is 2.75 bits per heavy atom. The smallest absolute Gasteiger partial charge is 0.150 e. The molecule has 0 radical (unpaired) electrons. The Hall–Kier alpha value is -2.20. The number of benzene rings is 1. The molecule has 3 rings (SSSR count). The van der Waals surface area contributed by atoms with Gasteiger partial charge in [-0.3, -0.25) is 4.98 Å². The van der Waals surface area contributed by atoms with E-state index in [4.69, 9.17) is 17.3 Å². The lowest BCUT2D eigenvalue weighted by Gasteiger charge is -2.10. The van der Waals surface area contributed by atoms with E-state index in [-0.39, 0.29) is 5.02 Å². The van der Waals surface area contributed by atoms with Crippen molar-refractivity contribution in [1.82, 2.24) is 9.97 Å². The highest BCUT2D eigenvalue weighted by Crippen LogP contribution is 2.35. The van der Waals surface area contributed by atoms with Crippen LogP contribution in [0, 0.1) is 12.7 Å². The van der Waals surface area contributed by atoms with Gasteiger partial charge in [0.2, 0.25) is 0 Å². The minimum absolute atomic E-state index is 0.0493. The number of halogens is 2. The molecule has 5 heteroatoms. The van der Waals surface area contributed by atoms with Crippen molar-refractivity contribution in [1.29, 1.82) is 0 Å². The largest absolute Gasteiger partial charge is 0.384 e. The molecule has 100 valence electrons. The van der Waals surface area contributed by atoms with Crippen molar-refractivity contribution in [2.75, 3.05) is 5.73 Å². The summed E-state index contributed by atoms with van der Waals surface area (Å²) < 4.78 is 14.5. The van der Waals surface area contributed by atoms with Crippen molar-refractivity contribution in [2.45, 2.75) is 6.92 Å². The first-order valence-corrected chi connectivity index (χ1v) is 6.40.